The molecule has 276 valence electrons. The molecule has 1 aromatic carbocycles. The van der Waals surface area contributed by atoms with E-state index in [0.717, 1.165) is 44.9 Å². The van der Waals surface area contributed by atoms with Crippen molar-refractivity contribution < 1.29 is 37.1 Å². The summed E-state index contributed by atoms with van der Waals surface area (Å²) in [6.07, 6.45) is 9.14. The van der Waals surface area contributed by atoms with Gasteiger partial charge >= 0.3 is 6.09 Å². The van der Waals surface area contributed by atoms with Crippen molar-refractivity contribution >= 4 is 33.8 Å². The van der Waals surface area contributed by atoms with Gasteiger partial charge in [-0.1, -0.05) is 70.4 Å². The lowest BCUT2D eigenvalue weighted by atomic mass is 9.85. The number of aryl methyl sites for hydroxylation is 2. The molecule has 1 saturated heterocycles. The van der Waals surface area contributed by atoms with Crippen LogP contribution in [0.3, 0.4) is 0 Å². The Kier molecular flexibility index (Phi) is 12.0. The summed E-state index contributed by atoms with van der Waals surface area (Å²) < 4.78 is 39.2. The second-order valence-corrected chi connectivity index (χ2v) is 17.3. The third-order valence-electron chi connectivity index (χ3n) is 10.4. The number of nitrogens with one attached hydrogen (secondary N) is 3. The summed E-state index contributed by atoms with van der Waals surface area (Å²) in [6, 6.07) is 6.42. The van der Waals surface area contributed by atoms with Gasteiger partial charge in [0.25, 0.3) is 5.91 Å². The van der Waals surface area contributed by atoms with Crippen LogP contribution in [0.5, 0.6) is 0 Å². The smallest absolute Gasteiger partial charge is 0.407 e. The van der Waals surface area contributed by atoms with Crippen LogP contribution in [0.1, 0.15) is 96.1 Å². The van der Waals surface area contributed by atoms with Crippen LogP contribution in [0.4, 0.5) is 4.79 Å². The number of alkyl carbamates (subject to hydrolysis) is 1. The van der Waals surface area contributed by atoms with E-state index in [1.807, 2.05) is 20.8 Å². The average Bonchev–Trinajstić information content (AvgIpc) is 3.99. The molecule has 13 heteroatoms. The van der Waals surface area contributed by atoms with Gasteiger partial charge in [-0.05, 0) is 67.9 Å². The number of benzene rings is 1. The van der Waals surface area contributed by atoms with Crippen molar-refractivity contribution in [3.05, 3.63) is 48.0 Å². The van der Waals surface area contributed by atoms with Gasteiger partial charge in [-0.3, -0.25) is 19.1 Å². The fourth-order valence-corrected chi connectivity index (χ4v) is 8.44. The lowest BCUT2D eigenvalue weighted by Gasteiger charge is -2.35. The van der Waals surface area contributed by atoms with Gasteiger partial charge in [-0.15, -0.1) is 6.58 Å². The Labute approximate surface area is 296 Å². The first-order chi connectivity index (χ1) is 23.7. The van der Waals surface area contributed by atoms with Crippen molar-refractivity contribution in [2.75, 3.05) is 19.8 Å². The minimum atomic E-state index is -3.85. The number of fused-ring (bicyclic) bond motifs is 3. The summed E-state index contributed by atoms with van der Waals surface area (Å²) in [7, 11) is -3.85. The Balaban J connectivity index is 1.36. The highest BCUT2D eigenvalue weighted by Crippen LogP contribution is 2.45. The van der Waals surface area contributed by atoms with E-state index in [1.54, 1.807) is 0 Å². The molecule has 50 heavy (non-hydrogen) atoms. The first-order valence-corrected chi connectivity index (χ1v) is 19.7. The lowest BCUT2D eigenvalue weighted by molar-refractivity contribution is -0.143. The van der Waals surface area contributed by atoms with Gasteiger partial charge in [0.1, 0.15) is 17.6 Å². The number of ether oxygens (including phenoxy) is 2. The van der Waals surface area contributed by atoms with Crippen LogP contribution in [0.15, 0.2) is 36.9 Å². The number of sulfonamides is 1. The number of nitrogens with zero attached hydrogens (tertiary/aromatic N) is 1. The van der Waals surface area contributed by atoms with Crippen LogP contribution in [0.25, 0.3) is 0 Å². The Morgan fingerprint density at radius 2 is 1.66 bits per heavy atom. The number of amides is 4. The topological polar surface area (TPSA) is 160 Å². The summed E-state index contributed by atoms with van der Waals surface area (Å²) in [5.41, 5.74) is 0.404. The highest BCUT2D eigenvalue weighted by atomic mass is 32.2. The Morgan fingerprint density at radius 3 is 2.30 bits per heavy atom. The molecule has 2 bridgehead atoms. The highest BCUT2D eigenvalue weighted by molar-refractivity contribution is 7.91. The number of cyclic esters (lactones) is 1. The number of carbonyl (C=O) groups excluding carboxylic acids is 4. The zero-order valence-corrected chi connectivity index (χ0v) is 30.5. The SMILES string of the molecule is C=CC1C[C@]1(NC(=O)[C@@H]1C[C@@H]2CN1C(=O)[C@H](C(C)(C)C)NC(=O)OCCCCCCCc1ccccc1CCCO2)C(=O)NS(=O)(=O)C1CC1. The first-order valence-electron chi connectivity index (χ1n) is 18.2. The van der Waals surface area contributed by atoms with Crippen molar-refractivity contribution in [3.8, 4) is 0 Å². The van der Waals surface area contributed by atoms with E-state index in [-0.39, 0.29) is 26.0 Å². The second-order valence-electron chi connectivity index (χ2n) is 15.4. The molecule has 5 rings (SSSR count). The van der Waals surface area contributed by atoms with E-state index in [9.17, 15) is 27.6 Å². The summed E-state index contributed by atoms with van der Waals surface area (Å²) in [5, 5.41) is 4.96. The van der Waals surface area contributed by atoms with Gasteiger partial charge < -0.3 is 25.0 Å². The molecule has 4 aliphatic rings. The van der Waals surface area contributed by atoms with Crippen LogP contribution in [-0.2, 0) is 46.7 Å². The fraction of sp³-hybridized carbons (Fsp3) is 0.676. The van der Waals surface area contributed by atoms with Gasteiger partial charge in [0.05, 0.1) is 18.0 Å². The quantitative estimate of drug-likeness (QED) is 0.374. The van der Waals surface area contributed by atoms with Crippen LogP contribution in [-0.4, -0.2) is 85.9 Å². The number of carbonyl (C=O) groups is 4. The zero-order chi connectivity index (χ0) is 36.1. The maximum Gasteiger partial charge on any atom is 0.407 e. The van der Waals surface area contributed by atoms with Crippen LogP contribution in [0, 0.1) is 11.3 Å². The standard InChI is InChI=1S/C37H54N4O8S/c1-5-27-23-37(27,34(44)40-50(46,47)29-18-19-29)39-32(42)30-22-28-24-41(30)33(43)31(36(2,3)4)38-35(45)49-20-12-8-6-7-9-14-25-15-10-11-16-26(25)17-13-21-48-28/h5,10-11,15-16,27-31H,1,6-9,12-14,17-24H2,2-4H3,(H,38,45)(H,39,42)(H,40,44)/t27?,28-,30+,31-,37-/m1/s1. The Hall–Kier alpha value is -3.45. The van der Waals surface area contributed by atoms with Gasteiger partial charge in [0.2, 0.25) is 21.8 Å². The molecule has 4 amide bonds. The third kappa shape index (κ3) is 9.25. The third-order valence-corrected chi connectivity index (χ3v) is 12.2. The normalized spacial score (nSPS) is 29.0. The Bertz CT molecular complexity index is 1540. The number of rotatable bonds is 6. The van der Waals surface area contributed by atoms with Gasteiger partial charge in [-0.25, -0.2) is 13.2 Å². The average molecular weight is 715 g/mol. The molecule has 0 spiro atoms. The number of hydrogen-bond donors (Lipinski definition) is 3. The minimum absolute atomic E-state index is 0.108. The van der Waals surface area contributed by atoms with Crippen molar-refractivity contribution in [1.82, 2.24) is 20.3 Å². The predicted molar refractivity (Wildman–Crippen MR) is 188 cm³/mol. The van der Waals surface area contributed by atoms with E-state index >= 15 is 0 Å². The molecule has 3 fully saturated rings. The molecule has 2 saturated carbocycles. The molecule has 3 N–H and O–H groups in total. The summed E-state index contributed by atoms with van der Waals surface area (Å²) >= 11 is 0. The predicted octanol–water partition coefficient (Wildman–Crippen LogP) is 3.92. The summed E-state index contributed by atoms with van der Waals surface area (Å²) in [5.74, 6) is -2.33. The molecular formula is C37H54N4O8S. The van der Waals surface area contributed by atoms with Gasteiger partial charge in [0.15, 0.2) is 0 Å². The van der Waals surface area contributed by atoms with Crippen LogP contribution in [0.2, 0.25) is 0 Å². The van der Waals surface area contributed by atoms with Crippen molar-refractivity contribution in [2.45, 2.75) is 127 Å². The molecule has 2 aliphatic heterocycles. The van der Waals surface area contributed by atoms with Crippen molar-refractivity contribution in [2.24, 2.45) is 11.3 Å². The maximum absolute atomic E-state index is 14.3. The molecule has 1 aromatic rings. The monoisotopic (exact) mass is 714 g/mol. The molecular weight excluding hydrogens is 660 g/mol. The second kappa shape index (κ2) is 15.8. The van der Waals surface area contributed by atoms with Crippen molar-refractivity contribution in [1.29, 1.82) is 0 Å². The number of hydrogen-bond acceptors (Lipinski definition) is 8. The fourth-order valence-electron chi connectivity index (χ4n) is 7.07. The molecule has 12 nitrogen and oxygen atoms in total. The summed E-state index contributed by atoms with van der Waals surface area (Å²) in [4.78, 5) is 56.1. The zero-order valence-electron chi connectivity index (χ0n) is 29.7. The largest absolute Gasteiger partial charge is 0.450 e. The van der Waals surface area contributed by atoms with E-state index in [4.69, 9.17) is 9.47 Å². The van der Waals surface area contributed by atoms with E-state index in [1.165, 1.54) is 22.1 Å². The molecule has 0 aromatic heterocycles. The first kappa shape index (κ1) is 37.8. The van der Waals surface area contributed by atoms with Gasteiger partial charge in [0, 0.05) is 25.5 Å². The highest BCUT2D eigenvalue weighted by Gasteiger charge is 2.62. The van der Waals surface area contributed by atoms with Gasteiger partial charge in [-0.2, -0.15) is 0 Å². The molecule has 1 unspecified atom stereocenters. The molecule has 2 heterocycles. The van der Waals surface area contributed by atoms with Crippen LogP contribution >= 0.6 is 0 Å². The molecule has 2 aliphatic carbocycles. The lowest BCUT2D eigenvalue weighted by Crippen LogP contribution is -2.60. The Morgan fingerprint density at radius 1 is 1.00 bits per heavy atom. The summed E-state index contributed by atoms with van der Waals surface area (Å²) in [6.45, 7) is 10.0. The minimum Gasteiger partial charge on any atom is -0.450 e. The van der Waals surface area contributed by atoms with E-state index in [0.29, 0.717) is 25.9 Å². The van der Waals surface area contributed by atoms with E-state index < -0.39 is 74.1 Å². The molecule has 0 radical (unpaired) electrons. The molecule has 5 atom stereocenters. The van der Waals surface area contributed by atoms with E-state index in [2.05, 4.69) is 46.2 Å². The maximum atomic E-state index is 14.3. The van der Waals surface area contributed by atoms with Crippen LogP contribution < -0.4 is 15.4 Å². The van der Waals surface area contributed by atoms with Crippen molar-refractivity contribution in [3.63, 3.8) is 0 Å².